The number of Topliss-reactive ketones (excluding diaryl/α,β-unsaturated/α-hetero) is 1. The number of rotatable bonds is 4. The Morgan fingerprint density at radius 2 is 2.00 bits per heavy atom. The van der Waals surface area contributed by atoms with Gasteiger partial charge in [-0.2, -0.15) is 0 Å². The number of fused-ring (bicyclic) bond motifs is 5. The number of carbonyl (C=O) groups excluding carboxylic acids is 3. The van der Waals surface area contributed by atoms with Crippen LogP contribution in [0.2, 0.25) is 0 Å². The number of furan rings is 1. The fourth-order valence-electron chi connectivity index (χ4n) is 8.45. The molecular formula is C27H32Cl2O6. The van der Waals surface area contributed by atoms with Crippen molar-refractivity contribution >= 4 is 40.7 Å². The molecule has 0 bridgehead atoms. The Hall–Kier alpha value is -1.63. The van der Waals surface area contributed by atoms with Crippen molar-refractivity contribution in [2.75, 3.05) is 5.88 Å². The molecule has 8 heteroatoms. The lowest BCUT2D eigenvalue weighted by atomic mass is 9.44. The van der Waals surface area contributed by atoms with Gasteiger partial charge in [-0.1, -0.05) is 26.3 Å². The summed E-state index contributed by atoms with van der Waals surface area (Å²) in [6.45, 7) is 5.93. The molecular weight excluding hydrogens is 491 g/mol. The molecule has 0 aliphatic heterocycles. The number of allylic oxidation sites excluding steroid dienone is 1. The van der Waals surface area contributed by atoms with Crippen LogP contribution in [0.15, 0.2) is 34.5 Å². The van der Waals surface area contributed by atoms with Gasteiger partial charge in [0.2, 0.25) is 5.76 Å². The highest BCUT2D eigenvalue weighted by atomic mass is 35.5. The molecule has 1 heterocycles. The number of ether oxygens (including phenoxy) is 1. The monoisotopic (exact) mass is 522 g/mol. The van der Waals surface area contributed by atoms with Crippen LogP contribution in [0.4, 0.5) is 0 Å². The van der Waals surface area contributed by atoms with Gasteiger partial charge in [0.1, 0.15) is 0 Å². The van der Waals surface area contributed by atoms with E-state index in [-0.39, 0.29) is 47.4 Å². The van der Waals surface area contributed by atoms with Gasteiger partial charge >= 0.3 is 5.97 Å². The number of halogens is 2. The number of aliphatic hydroxyl groups excluding tert-OH is 1. The van der Waals surface area contributed by atoms with E-state index in [9.17, 15) is 19.5 Å². The Labute approximate surface area is 215 Å². The lowest BCUT2D eigenvalue weighted by Crippen LogP contribution is -2.70. The Balaban J connectivity index is 1.61. The Morgan fingerprint density at radius 3 is 2.66 bits per heavy atom. The zero-order chi connectivity index (χ0) is 25.4. The van der Waals surface area contributed by atoms with Gasteiger partial charge < -0.3 is 14.3 Å². The van der Waals surface area contributed by atoms with Crippen molar-refractivity contribution < 1.29 is 28.6 Å². The minimum atomic E-state index is -1.51. The highest BCUT2D eigenvalue weighted by molar-refractivity contribution is 6.29. The average Bonchev–Trinajstić information content (AvgIpc) is 3.42. The van der Waals surface area contributed by atoms with Crippen LogP contribution in [-0.2, 0) is 14.3 Å². The van der Waals surface area contributed by atoms with Crippen molar-refractivity contribution in [3.8, 4) is 0 Å². The summed E-state index contributed by atoms with van der Waals surface area (Å²) in [5.74, 6) is -1.79. The van der Waals surface area contributed by atoms with Crippen LogP contribution in [0, 0.1) is 28.6 Å². The van der Waals surface area contributed by atoms with Crippen LogP contribution >= 0.6 is 23.2 Å². The van der Waals surface area contributed by atoms with Crippen molar-refractivity contribution in [2.45, 2.75) is 75.9 Å². The summed E-state index contributed by atoms with van der Waals surface area (Å²) in [4.78, 5) is 37.9. The number of aliphatic hydroxyl groups is 1. The summed E-state index contributed by atoms with van der Waals surface area (Å²) in [7, 11) is 0. The summed E-state index contributed by atoms with van der Waals surface area (Å²) >= 11 is 13.6. The van der Waals surface area contributed by atoms with E-state index in [2.05, 4.69) is 6.92 Å². The Kier molecular flexibility index (Phi) is 5.86. The first-order chi connectivity index (χ1) is 16.5. The smallest absolute Gasteiger partial charge is 0.375 e. The molecule has 3 fully saturated rings. The largest absolute Gasteiger partial charge is 0.457 e. The standard InChI is InChI=1S/C27H32Cl2O6/c1-15-11-19-18-7-6-16-12-17(30)8-9-24(16,2)26(18,29)21(31)13-25(19,3)27(15,22(32)14-28)35-23(33)20-5-4-10-34-20/h4-5,10,12,15,18-19,21,31H,6-9,11,13-14H2,1-3H3/t15-,18+,19+,21+,24+,25+,26+,27+/m1/s1. The summed E-state index contributed by atoms with van der Waals surface area (Å²) in [5, 5.41) is 11.8. The number of carbonyl (C=O) groups is 3. The lowest BCUT2D eigenvalue weighted by molar-refractivity contribution is -0.179. The van der Waals surface area contributed by atoms with E-state index in [1.165, 1.54) is 12.3 Å². The molecule has 5 rings (SSSR count). The molecule has 1 N–H and O–H groups in total. The third kappa shape index (κ3) is 3.09. The zero-order valence-corrected chi connectivity index (χ0v) is 21.8. The van der Waals surface area contributed by atoms with Crippen molar-refractivity contribution in [1.82, 2.24) is 0 Å². The zero-order valence-electron chi connectivity index (χ0n) is 20.3. The molecule has 1 aromatic heterocycles. The minimum Gasteiger partial charge on any atom is -0.457 e. The molecule has 0 saturated heterocycles. The third-order valence-corrected chi connectivity index (χ3v) is 11.3. The van der Waals surface area contributed by atoms with E-state index < -0.39 is 33.4 Å². The van der Waals surface area contributed by atoms with Crippen LogP contribution in [0.5, 0.6) is 0 Å². The van der Waals surface area contributed by atoms with Gasteiger partial charge in [0.05, 0.1) is 23.1 Å². The van der Waals surface area contributed by atoms with Crippen molar-refractivity contribution in [3.05, 3.63) is 35.8 Å². The lowest BCUT2D eigenvalue weighted by Gasteiger charge is -2.65. The van der Waals surface area contributed by atoms with E-state index in [1.54, 1.807) is 12.1 Å². The van der Waals surface area contributed by atoms with Gasteiger partial charge in [-0.25, -0.2) is 4.79 Å². The SMILES string of the molecule is C[C@@H]1C[C@H]2[C@@H]3CCC4=CC(=O)CC[C@]4(C)[C@@]3(Cl)[C@@H](O)C[C@]2(C)[C@@]1(OC(=O)c1ccco1)C(=O)CCl. The maximum atomic E-state index is 13.6. The van der Waals surface area contributed by atoms with Gasteiger partial charge in [-0.3, -0.25) is 9.59 Å². The summed E-state index contributed by atoms with van der Waals surface area (Å²) in [6, 6.07) is 3.09. The normalized spacial score (nSPS) is 44.6. The molecule has 1 aromatic rings. The second-order valence-electron chi connectivity index (χ2n) is 11.4. The van der Waals surface area contributed by atoms with E-state index in [1.807, 2.05) is 13.8 Å². The molecule has 0 amide bonds. The highest BCUT2D eigenvalue weighted by Crippen LogP contribution is 2.72. The topological polar surface area (TPSA) is 93.8 Å². The molecule has 4 aliphatic carbocycles. The average molecular weight is 523 g/mol. The van der Waals surface area contributed by atoms with Gasteiger partial charge in [0.25, 0.3) is 0 Å². The number of esters is 1. The number of hydrogen-bond donors (Lipinski definition) is 1. The number of hydrogen-bond acceptors (Lipinski definition) is 6. The molecule has 6 nitrogen and oxygen atoms in total. The molecule has 0 radical (unpaired) electrons. The quantitative estimate of drug-likeness (QED) is 0.437. The summed E-state index contributed by atoms with van der Waals surface area (Å²) in [6.07, 6.45) is 5.36. The van der Waals surface area contributed by atoms with Gasteiger partial charge in [-0.05, 0) is 62.1 Å². The molecule has 4 aliphatic rings. The number of ketones is 2. The van der Waals surface area contributed by atoms with Gasteiger partial charge in [0.15, 0.2) is 17.2 Å². The van der Waals surface area contributed by atoms with E-state index >= 15 is 0 Å². The number of alkyl halides is 2. The van der Waals surface area contributed by atoms with Crippen LogP contribution in [0.1, 0.15) is 69.9 Å². The molecule has 8 atom stereocenters. The third-order valence-electron chi connectivity index (χ3n) is 10.1. The first-order valence-electron chi connectivity index (χ1n) is 12.4. The predicted octanol–water partition coefficient (Wildman–Crippen LogP) is 5.09. The van der Waals surface area contributed by atoms with Crippen LogP contribution in [0.3, 0.4) is 0 Å². The Morgan fingerprint density at radius 1 is 1.26 bits per heavy atom. The molecule has 0 unspecified atom stereocenters. The molecule has 35 heavy (non-hydrogen) atoms. The van der Waals surface area contributed by atoms with E-state index in [0.717, 1.165) is 12.0 Å². The van der Waals surface area contributed by atoms with Crippen LogP contribution in [0.25, 0.3) is 0 Å². The van der Waals surface area contributed by atoms with E-state index in [4.69, 9.17) is 32.4 Å². The fourth-order valence-corrected chi connectivity index (χ4v) is 9.20. The Bertz CT molecular complexity index is 1100. The first-order valence-corrected chi connectivity index (χ1v) is 13.3. The van der Waals surface area contributed by atoms with Crippen LogP contribution < -0.4 is 0 Å². The second kappa shape index (κ2) is 8.19. The second-order valence-corrected chi connectivity index (χ2v) is 12.3. The van der Waals surface area contributed by atoms with Crippen molar-refractivity contribution in [3.63, 3.8) is 0 Å². The first kappa shape index (κ1) is 25.0. The van der Waals surface area contributed by atoms with Gasteiger partial charge in [0, 0.05) is 23.2 Å². The molecule has 0 spiro atoms. The minimum absolute atomic E-state index is 0.0147. The molecule has 190 valence electrons. The maximum Gasteiger partial charge on any atom is 0.375 e. The maximum absolute atomic E-state index is 13.6. The van der Waals surface area contributed by atoms with E-state index in [0.29, 0.717) is 25.7 Å². The summed E-state index contributed by atoms with van der Waals surface area (Å²) < 4.78 is 11.4. The highest BCUT2D eigenvalue weighted by Gasteiger charge is 2.76. The molecule has 3 saturated carbocycles. The van der Waals surface area contributed by atoms with Crippen molar-refractivity contribution in [2.24, 2.45) is 28.6 Å². The molecule has 0 aromatic carbocycles. The predicted molar refractivity (Wildman–Crippen MR) is 130 cm³/mol. The van der Waals surface area contributed by atoms with Crippen molar-refractivity contribution in [1.29, 1.82) is 0 Å². The van der Waals surface area contributed by atoms with Crippen LogP contribution in [-0.4, -0.2) is 45.1 Å². The fraction of sp³-hybridized carbons (Fsp3) is 0.667. The van der Waals surface area contributed by atoms with Gasteiger partial charge in [-0.15, -0.1) is 23.2 Å². The summed E-state index contributed by atoms with van der Waals surface area (Å²) in [5.41, 5.74) is -1.89.